The van der Waals surface area contributed by atoms with Crippen molar-refractivity contribution in [1.82, 2.24) is 5.32 Å². The van der Waals surface area contributed by atoms with Crippen molar-refractivity contribution in [3.05, 3.63) is 105 Å². The summed E-state index contributed by atoms with van der Waals surface area (Å²) >= 11 is 3.49. The Morgan fingerprint density at radius 3 is 2.46 bits per heavy atom. The van der Waals surface area contributed by atoms with Crippen LogP contribution in [0.3, 0.4) is 0 Å². The summed E-state index contributed by atoms with van der Waals surface area (Å²) in [5.74, 6) is -2.50. The van der Waals surface area contributed by atoms with Gasteiger partial charge in [0.05, 0.1) is 18.4 Å². The molecule has 0 spiro atoms. The first-order chi connectivity index (χ1) is 16.8. The number of amides is 4. The molecule has 0 unspecified atom stereocenters. The van der Waals surface area contributed by atoms with Gasteiger partial charge in [0, 0.05) is 4.47 Å². The number of hydrogen-bond donors (Lipinski definition) is 1. The highest BCUT2D eigenvalue weighted by Gasteiger charge is 2.36. The van der Waals surface area contributed by atoms with Crippen LogP contribution < -0.4 is 10.2 Å². The molecule has 1 saturated heterocycles. The number of urea groups is 1. The second-order valence-corrected chi connectivity index (χ2v) is 8.51. The van der Waals surface area contributed by atoms with Gasteiger partial charge >= 0.3 is 12.0 Å². The summed E-state index contributed by atoms with van der Waals surface area (Å²) in [5, 5.41) is 2.16. The highest BCUT2D eigenvalue weighted by atomic mass is 79.9. The van der Waals surface area contributed by atoms with Gasteiger partial charge in [0.15, 0.2) is 0 Å². The van der Waals surface area contributed by atoms with Crippen LogP contribution in [0, 0.1) is 5.82 Å². The monoisotopic (exact) mass is 536 g/mol. The molecular formula is C26H18BrFN2O5. The number of imide groups is 2. The molecular weight excluding hydrogens is 519 g/mol. The maximum absolute atomic E-state index is 13.5. The zero-order valence-corrected chi connectivity index (χ0v) is 20.0. The van der Waals surface area contributed by atoms with Gasteiger partial charge in [-0.25, -0.2) is 18.9 Å². The van der Waals surface area contributed by atoms with Crippen molar-refractivity contribution in [3.8, 4) is 0 Å². The molecule has 1 fully saturated rings. The number of benzene rings is 3. The quantitative estimate of drug-likeness (QED) is 0.291. The van der Waals surface area contributed by atoms with Crippen molar-refractivity contribution in [2.45, 2.75) is 6.42 Å². The Morgan fingerprint density at radius 2 is 1.80 bits per heavy atom. The number of barbiturate groups is 1. The van der Waals surface area contributed by atoms with Gasteiger partial charge in [-0.3, -0.25) is 14.9 Å². The lowest BCUT2D eigenvalue weighted by Gasteiger charge is -2.26. The van der Waals surface area contributed by atoms with Gasteiger partial charge in [0.25, 0.3) is 11.8 Å². The summed E-state index contributed by atoms with van der Waals surface area (Å²) in [4.78, 5) is 50.4. The summed E-state index contributed by atoms with van der Waals surface area (Å²) in [6.45, 7) is 0. The van der Waals surface area contributed by atoms with E-state index < -0.39 is 23.8 Å². The Bertz CT molecular complexity index is 1380. The molecule has 0 saturated carbocycles. The highest BCUT2D eigenvalue weighted by molar-refractivity contribution is 9.10. The molecule has 0 aliphatic carbocycles. The minimum atomic E-state index is -0.894. The number of esters is 1. The third-order valence-electron chi connectivity index (χ3n) is 5.32. The number of ether oxygens (including phenoxy) is 1. The van der Waals surface area contributed by atoms with Crippen molar-refractivity contribution in [3.63, 3.8) is 0 Å². The van der Waals surface area contributed by atoms with E-state index in [1.165, 1.54) is 49.6 Å². The SMILES string of the molecule is COC(=O)c1ccc(N2C(=O)NC(=O)/C(=C\c3ccc(Cc4cccc(F)c4)c(Br)c3)C2=O)cc1. The predicted molar refractivity (Wildman–Crippen MR) is 130 cm³/mol. The van der Waals surface area contributed by atoms with E-state index in [1.54, 1.807) is 24.3 Å². The van der Waals surface area contributed by atoms with Gasteiger partial charge in [-0.15, -0.1) is 0 Å². The second-order valence-electron chi connectivity index (χ2n) is 7.65. The Hall–Kier alpha value is -4.11. The number of carbonyl (C=O) groups excluding carboxylic acids is 4. The molecule has 4 rings (SSSR count). The fourth-order valence-electron chi connectivity index (χ4n) is 3.59. The van der Waals surface area contributed by atoms with Gasteiger partial charge < -0.3 is 4.74 Å². The molecule has 176 valence electrons. The molecule has 0 bridgehead atoms. The topological polar surface area (TPSA) is 92.8 Å². The second kappa shape index (κ2) is 10.0. The summed E-state index contributed by atoms with van der Waals surface area (Å²) in [6.07, 6.45) is 1.87. The van der Waals surface area contributed by atoms with Gasteiger partial charge in [0.2, 0.25) is 0 Å². The Kier molecular flexibility index (Phi) is 6.88. The van der Waals surface area contributed by atoms with Crippen LogP contribution in [0.15, 0.2) is 76.8 Å². The van der Waals surface area contributed by atoms with Crippen molar-refractivity contribution in [2.75, 3.05) is 12.0 Å². The summed E-state index contributed by atoms with van der Waals surface area (Å²) in [6, 6.07) is 16.3. The van der Waals surface area contributed by atoms with E-state index in [0.717, 1.165) is 16.0 Å². The van der Waals surface area contributed by atoms with Crippen LogP contribution in [-0.4, -0.2) is 30.9 Å². The van der Waals surface area contributed by atoms with Crippen LogP contribution in [0.1, 0.15) is 27.0 Å². The number of rotatable bonds is 5. The maximum Gasteiger partial charge on any atom is 0.337 e. The minimum absolute atomic E-state index is 0.185. The largest absolute Gasteiger partial charge is 0.465 e. The Morgan fingerprint density at radius 1 is 1.06 bits per heavy atom. The first kappa shape index (κ1) is 24.0. The zero-order valence-electron chi connectivity index (χ0n) is 18.4. The normalized spacial score (nSPS) is 14.8. The van der Waals surface area contributed by atoms with E-state index in [2.05, 4.69) is 26.0 Å². The van der Waals surface area contributed by atoms with Crippen molar-refractivity contribution in [1.29, 1.82) is 0 Å². The first-order valence-corrected chi connectivity index (χ1v) is 11.2. The molecule has 0 atom stereocenters. The molecule has 1 aliphatic rings. The van der Waals surface area contributed by atoms with E-state index in [1.807, 2.05) is 6.07 Å². The third-order valence-corrected chi connectivity index (χ3v) is 6.06. The highest BCUT2D eigenvalue weighted by Crippen LogP contribution is 2.26. The number of carbonyl (C=O) groups is 4. The number of hydrogen-bond acceptors (Lipinski definition) is 5. The average Bonchev–Trinajstić information content (AvgIpc) is 2.83. The fourth-order valence-corrected chi connectivity index (χ4v) is 4.12. The van der Waals surface area contributed by atoms with Crippen LogP contribution in [0.4, 0.5) is 14.9 Å². The molecule has 0 aromatic heterocycles. The van der Waals surface area contributed by atoms with Crippen LogP contribution in [0.25, 0.3) is 6.08 Å². The van der Waals surface area contributed by atoms with Crippen LogP contribution in [0.5, 0.6) is 0 Å². The molecule has 0 radical (unpaired) electrons. The van der Waals surface area contributed by atoms with E-state index in [-0.39, 0.29) is 22.6 Å². The van der Waals surface area contributed by atoms with Gasteiger partial charge in [-0.05, 0) is 71.7 Å². The maximum atomic E-state index is 13.5. The van der Waals surface area contributed by atoms with E-state index in [4.69, 9.17) is 0 Å². The molecule has 1 heterocycles. The number of methoxy groups -OCH3 is 1. The van der Waals surface area contributed by atoms with Crippen LogP contribution in [0.2, 0.25) is 0 Å². The lowest BCUT2D eigenvalue weighted by atomic mass is 10.0. The van der Waals surface area contributed by atoms with E-state index >= 15 is 0 Å². The van der Waals surface area contributed by atoms with Gasteiger partial charge in [-0.2, -0.15) is 0 Å². The Labute approximate surface area is 208 Å². The average molecular weight is 537 g/mol. The lowest BCUT2D eigenvalue weighted by Crippen LogP contribution is -2.54. The smallest absolute Gasteiger partial charge is 0.337 e. The number of anilines is 1. The lowest BCUT2D eigenvalue weighted by molar-refractivity contribution is -0.122. The van der Waals surface area contributed by atoms with Crippen molar-refractivity contribution >= 4 is 51.5 Å². The van der Waals surface area contributed by atoms with Crippen LogP contribution in [-0.2, 0) is 20.7 Å². The molecule has 35 heavy (non-hydrogen) atoms. The fraction of sp³-hybridized carbons (Fsp3) is 0.0769. The number of nitrogens with zero attached hydrogens (tertiary/aromatic N) is 1. The molecule has 7 nitrogen and oxygen atoms in total. The summed E-state index contributed by atoms with van der Waals surface area (Å²) < 4.78 is 18.8. The molecule has 3 aromatic carbocycles. The predicted octanol–water partition coefficient (Wildman–Crippen LogP) is 4.63. The van der Waals surface area contributed by atoms with E-state index in [0.29, 0.717) is 16.5 Å². The third kappa shape index (κ3) is 5.20. The van der Waals surface area contributed by atoms with E-state index in [9.17, 15) is 23.6 Å². The zero-order chi connectivity index (χ0) is 25.1. The molecule has 4 amide bonds. The molecule has 3 aromatic rings. The van der Waals surface area contributed by atoms with Crippen LogP contribution >= 0.6 is 15.9 Å². The number of halogens is 2. The summed E-state index contributed by atoms with van der Waals surface area (Å²) in [7, 11) is 1.24. The van der Waals surface area contributed by atoms with Gasteiger partial charge in [0.1, 0.15) is 11.4 Å². The summed E-state index contributed by atoms with van der Waals surface area (Å²) in [5.41, 5.74) is 2.44. The Balaban J connectivity index is 1.60. The van der Waals surface area contributed by atoms with Crippen molar-refractivity contribution < 1.29 is 28.3 Å². The standard InChI is InChI=1S/C26H18BrFN2O5/c1-35-25(33)17-7-9-20(10-8-17)30-24(32)21(23(31)29-26(30)34)13-16-5-6-18(22(27)14-16)11-15-3-2-4-19(28)12-15/h2-10,12-14H,11H2,1H3,(H,29,31,34)/b21-13+. The molecule has 9 heteroatoms. The number of nitrogens with one attached hydrogen (secondary N) is 1. The first-order valence-electron chi connectivity index (χ1n) is 10.4. The minimum Gasteiger partial charge on any atom is -0.465 e. The molecule has 1 aliphatic heterocycles. The molecule has 1 N–H and O–H groups in total. The van der Waals surface area contributed by atoms with Gasteiger partial charge in [-0.1, -0.05) is 40.2 Å². The van der Waals surface area contributed by atoms with Crippen molar-refractivity contribution in [2.24, 2.45) is 0 Å².